The largest absolute Gasteiger partial charge is 0.288 e. The lowest BCUT2D eigenvalue weighted by Gasteiger charge is -2.02. The summed E-state index contributed by atoms with van der Waals surface area (Å²) in [6.45, 7) is 3.81. The van der Waals surface area contributed by atoms with Crippen LogP contribution in [0.5, 0.6) is 0 Å². The van der Waals surface area contributed by atoms with Crippen molar-refractivity contribution in [3.05, 3.63) is 55.4 Å². The van der Waals surface area contributed by atoms with E-state index in [4.69, 9.17) is 0 Å². The first-order valence-corrected chi connectivity index (χ1v) is 6.67. The van der Waals surface area contributed by atoms with Crippen LogP contribution in [0.1, 0.15) is 25.7 Å². The molecule has 0 aliphatic rings. The normalized spacial score (nSPS) is 10.6. The van der Waals surface area contributed by atoms with Gasteiger partial charge in [-0.05, 0) is 38.1 Å². The van der Waals surface area contributed by atoms with Crippen LogP contribution in [0.3, 0.4) is 0 Å². The van der Waals surface area contributed by atoms with Gasteiger partial charge in [0.25, 0.3) is 0 Å². The average Bonchev–Trinajstić information content (AvgIpc) is 2.60. The minimum absolute atomic E-state index is 0.111. The maximum atomic E-state index is 13.6. The molecule has 0 atom stereocenters. The third-order valence-corrected chi connectivity index (χ3v) is 3.92. The molecule has 2 rings (SSSR count). The lowest BCUT2D eigenvalue weighted by Crippen LogP contribution is -2.04. The highest BCUT2D eigenvalue weighted by atomic mass is 79.9. The first-order chi connectivity index (χ1) is 7.99. The Hall–Kier alpha value is -1.00. The van der Waals surface area contributed by atoms with E-state index in [1.165, 1.54) is 12.1 Å². The minimum Gasteiger partial charge on any atom is -0.288 e. The van der Waals surface area contributed by atoms with Crippen molar-refractivity contribution in [2.45, 2.75) is 13.8 Å². The van der Waals surface area contributed by atoms with Gasteiger partial charge in [0.15, 0.2) is 5.78 Å². The molecule has 1 heterocycles. The summed E-state index contributed by atoms with van der Waals surface area (Å²) in [5.41, 5.74) is 0.699. The zero-order chi connectivity index (χ0) is 12.6. The summed E-state index contributed by atoms with van der Waals surface area (Å²) in [4.78, 5) is 14.2. The molecule has 0 bridgehead atoms. The summed E-state index contributed by atoms with van der Waals surface area (Å²) >= 11 is 4.79. The lowest BCUT2D eigenvalue weighted by atomic mass is 10.0. The molecule has 0 aliphatic heterocycles. The van der Waals surface area contributed by atoms with Crippen molar-refractivity contribution in [1.82, 2.24) is 0 Å². The Balaban J connectivity index is 2.50. The van der Waals surface area contributed by atoms with Gasteiger partial charge >= 0.3 is 0 Å². The zero-order valence-electron chi connectivity index (χ0n) is 9.38. The standard InChI is InChI=1S/C13H10BrFOS/c1-7-5-10(8(2)17-7)13(16)11-6-9(14)3-4-12(11)15/h3-6H,1-2H3. The molecule has 1 aromatic heterocycles. The van der Waals surface area contributed by atoms with Crippen LogP contribution in [0.25, 0.3) is 0 Å². The van der Waals surface area contributed by atoms with Crippen LogP contribution in [0, 0.1) is 19.7 Å². The molecule has 88 valence electrons. The molecular formula is C13H10BrFOS. The van der Waals surface area contributed by atoms with Gasteiger partial charge in [0, 0.05) is 19.8 Å². The van der Waals surface area contributed by atoms with Gasteiger partial charge in [0.1, 0.15) is 5.82 Å². The summed E-state index contributed by atoms with van der Waals surface area (Å²) < 4.78 is 14.3. The van der Waals surface area contributed by atoms with E-state index in [1.54, 1.807) is 17.4 Å². The number of hydrogen-bond donors (Lipinski definition) is 0. The molecule has 0 amide bonds. The van der Waals surface area contributed by atoms with E-state index in [9.17, 15) is 9.18 Å². The molecule has 0 fully saturated rings. The molecule has 0 radical (unpaired) electrons. The minimum atomic E-state index is -0.485. The van der Waals surface area contributed by atoms with E-state index in [0.717, 1.165) is 9.75 Å². The average molecular weight is 313 g/mol. The van der Waals surface area contributed by atoms with Crippen LogP contribution in [-0.4, -0.2) is 5.78 Å². The van der Waals surface area contributed by atoms with Gasteiger partial charge in [-0.1, -0.05) is 15.9 Å². The Bertz CT molecular complexity index is 589. The molecule has 4 heteroatoms. The van der Waals surface area contributed by atoms with Crippen LogP contribution in [0.2, 0.25) is 0 Å². The fraction of sp³-hybridized carbons (Fsp3) is 0.154. The Kier molecular flexibility index (Phi) is 3.45. The number of ketones is 1. The smallest absolute Gasteiger partial charge is 0.197 e. The number of benzene rings is 1. The van der Waals surface area contributed by atoms with E-state index >= 15 is 0 Å². The molecule has 17 heavy (non-hydrogen) atoms. The maximum Gasteiger partial charge on any atom is 0.197 e. The molecule has 0 saturated carbocycles. The second kappa shape index (κ2) is 4.70. The molecule has 1 aromatic carbocycles. The number of carbonyl (C=O) groups excluding carboxylic acids is 1. The van der Waals surface area contributed by atoms with Crippen molar-refractivity contribution in [3.8, 4) is 0 Å². The van der Waals surface area contributed by atoms with Crippen molar-refractivity contribution in [1.29, 1.82) is 0 Å². The summed E-state index contributed by atoms with van der Waals surface area (Å²) in [6.07, 6.45) is 0. The Morgan fingerprint density at radius 3 is 2.53 bits per heavy atom. The highest BCUT2D eigenvalue weighted by Crippen LogP contribution is 2.25. The maximum absolute atomic E-state index is 13.6. The van der Waals surface area contributed by atoms with Crippen molar-refractivity contribution in [2.24, 2.45) is 0 Å². The van der Waals surface area contributed by atoms with Crippen LogP contribution in [-0.2, 0) is 0 Å². The van der Waals surface area contributed by atoms with Gasteiger partial charge in [0.2, 0.25) is 0 Å². The Labute approximate surface area is 111 Å². The fourth-order valence-electron chi connectivity index (χ4n) is 1.67. The van der Waals surface area contributed by atoms with E-state index in [2.05, 4.69) is 15.9 Å². The number of thiophene rings is 1. The van der Waals surface area contributed by atoms with E-state index < -0.39 is 5.82 Å². The molecule has 0 N–H and O–H groups in total. The summed E-state index contributed by atoms with van der Waals surface area (Å²) in [5, 5.41) is 0. The second-order valence-corrected chi connectivity index (χ2v) is 6.16. The third-order valence-electron chi connectivity index (χ3n) is 2.46. The van der Waals surface area contributed by atoms with E-state index in [1.807, 2.05) is 19.9 Å². The molecule has 0 aliphatic carbocycles. The quantitative estimate of drug-likeness (QED) is 0.746. The number of rotatable bonds is 2. The summed E-state index contributed by atoms with van der Waals surface area (Å²) in [5.74, 6) is -0.743. The number of halogens is 2. The van der Waals surface area contributed by atoms with Crippen molar-refractivity contribution in [3.63, 3.8) is 0 Å². The summed E-state index contributed by atoms with van der Waals surface area (Å²) in [6, 6.07) is 6.20. The lowest BCUT2D eigenvalue weighted by molar-refractivity contribution is 0.103. The van der Waals surface area contributed by atoms with Gasteiger partial charge in [-0.2, -0.15) is 0 Å². The van der Waals surface area contributed by atoms with Crippen LogP contribution < -0.4 is 0 Å². The van der Waals surface area contributed by atoms with Gasteiger partial charge < -0.3 is 0 Å². The highest BCUT2D eigenvalue weighted by molar-refractivity contribution is 9.10. The fourth-order valence-corrected chi connectivity index (χ4v) is 2.96. The molecular weight excluding hydrogens is 303 g/mol. The SMILES string of the molecule is Cc1cc(C(=O)c2cc(Br)ccc2F)c(C)s1. The number of hydrogen-bond acceptors (Lipinski definition) is 2. The Morgan fingerprint density at radius 1 is 1.24 bits per heavy atom. The van der Waals surface area contributed by atoms with Gasteiger partial charge in [-0.25, -0.2) is 4.39 Å². The number of carbonyl (C=O) groups is 1. The number of aryl methyl sites for hydroxylation is 2. The monoisotopic (exact) mass is 312 g/mol. The van der Waals surface area contributed by atoms with Crippen LogP contribution >= 0.6 is 27.3 Å². The first-order valence-electron chi connectivity index (χ1n) is 5.06. The van der Waals surface area contributed by atoms with Crippen molar-refractivity contribution in [2.75, 3.05) is 0 Å². The third kappa shape index (κ3) is 2.48. The van der Waals surface area contributed by atoms with Crippen molar-refractivity contribution >= 4 is 33.0 Å². The van der Waals surface area contributed by atoms with Gasteiger partial charge in [-0.3, -0.25) is 4.79 Å². The predicted octanol–water partition coefficient (Wildman–Crippen LogP) is 4.50. The van der Waals surface area contributed by atoms with E-state index in [0.29, 0.717) is 10.0 Å². The van der Waals surface area contributed by atoms with Gasteiger partial charge in [0.05, 0.1) is 5.56 Å². The van der Waals surface area contributed by atoms with Crippen molar-refractivity contribution < 1.29 is 9.18 Å². The first kappa shape index (κ1) is 12.5. The van der Waals surface area contributed by atoms with Gasteiger partial charge in [-0.15, -0.1) is 11.3 Å². The predicted molar refractivity (Wildman–Crippen MR) is 71.3 cm³/mol. The topological polar surface area (TPSA) is 17.1 Å². The molecule has 0 unspecified atom stereocenters. The molecule has 0 spiro atoms. The van der Waals surface area contributed by atoms with Crippen LogP contribution in [0.15, 0.2) is 28.7 Å². The molecule has 0 saturated heterocycles. The second-order valence-electron chi connectivity index (χ2n) is 3.78. The molecule has 1 nitrogen and oxygen atoms in total. The van der Waals surface area contributed by atoms with Crippen LogP contribution in [0.4, 0.5) is 4.39 Å². The molecule has 2 aromatic rings. The summed E-state index contributed by atoms with van der Waals surface area (Å²) in [7, 11) is 0. The van der Waals surface area contributed by atoms with E-state index in [-0.39, 0.29) is 11.3 Å². The Morgan fingerprint density at radius 2 is 1.94 bits per heavy atom. The zero-order valence-corrected chi connectivity index (χ0v) is 11.8. The highest BCUT2D eigenvalue weighted by Gasteiger charge is 2.17.